The molecule has 0 saturated carbocycles. The van der Waals surface area contributed by atoms with E-state index in [4.69, 9.17) is 203 Å². The molecule has 0 N–H and O–H groups in total. The van der Waals surface area contributed by atoms with Gasteiger partial charge < -0.3 is 142 Å². The second-order valence-electron chi connectivity index (χ2n) is 0.152. The van der Waals surface area contributed by atoms with Gasteiger partial charge in [0.1, 0.15) is 0 Å². The third kappa shape index (κ3) is 9560. The molecule has 0 aromatic rings. The monoisotopic (exact) mass is 744 g/mol. The predicted molar refractivity (Wildman–Crippen MR) is 106 cm³/mol. The molecule has 0 heterocycles. The van der Waals surface area contributed by atoms with E-state index in [-0.39, 0.29) is 74.1 Å². The first-order valence-electron chi connectivity index (χ1n) is 3.49. The maximum atomic E-state index is 6.25. The Morgan fingerprint density at radius 3 is 0.229 bits per heavy atom. The molecule has 0 aromatic carbocycles. The van der Waals surface area contributed by atoms with Crippen LogP contribution in [0.5, 0.6) is 0 Å². The summed E-state index contributed by atoms with van der Waals surface area (Å²) in [6.07, 6.45) is 0. The van der Waals surface area contributed by atoms with Crippen LogP contribution in [0.4, 0.5) is 0 Å². The molecule has 0 unspecified atom stereocenters. The molecular weight excluding hydrogens is 746 g/mol. The van der Waals surface area contributed by atoms with Crippen molar-refractivity contribution in [3.63, 3.8) is 0 Å². The van der Waals surface area contributed by atoms with Crippen LogP contribution in [0.15, 0.2) is 0 Å². The summed E-state index contributed by atoms with van der Waals surface area (Å²) in [6, 6.07) is 0. The summed E-state index contributed by atoms with van der Waals surface area (Å²) < 4.78 is 0. The van der Waals surface area contributed by atoms with Crippen LogP contribution in [-0.4, -0.2) is 34.7 Å². The molecule has 0 rings (SSSR count). The Labute approximate surface area is 273 Å². The van der Waals surface area contributed by atoms with Crippen molar-refractivity contribution < 1.29 is 39.4 Å². The summed E-state index contributed by atoms with van der Waals surface area (Å²) in [6.45, 7) is 57.0. The van der Waals surface area contributed by atoms with Crippen molar-refractivity contribution >= 4 is 95.3 Å². The molecule has 0 bridgehead atoms. The Morgan fingerprint density at radius 1 is 0.229 bits per heavy atom. The van der Waals surface area contributed by atoms with Gasteiger partial charge in [-0.25, -0.2) is 0 Å². The number of nitrogens with zero attached hydrogens (tertiary/aromatic N) is 12. The van der Waals surface area contributed by atoms with Gasteiger partial charge in [0, 0.05) is 0 Å². The van der Waals surface area contributed by atoms with Crippen molar-refractivity contribution in [2.45, 2.75) is 0 Å². The Bertz CT molecular complexity index is 293. The van der Waals surface area contributed by atoms with Gasteiger partial charge in [-0.2, -0.15) is 0 Å². The maximum absolute atomic E-state index is 6.25. The molecule has 0 aliphatic heterocycles. The fourth-order valence-electron chi connectivity index (χ4n) is 0. The summed E-state index contributed by atoms with van der Waals surface area (Å²) in [7, 11) is 28.6. The van der Waals surface area contributed by atoms with Crippen molar-refractivity contribution in [2.24, 2.45) is 0 Å². The molecule has 186 valence electrons. The minimum atomic E-state index is 0. The molecule has 0 fully saturated rings. The zero-order valence-electron chi connectivity index (χ0n) is 15.8. The van der Waals surface area contributed by atoms with Crippen molar-refractivity contribution in [3.05, 3.63) is 78.9 Å². The van der Waals surface area contributed by atoms with Gasteiger partial charge in [0.05, 0.1) is 0 Å². The molecule has 23 heteroatoms. The fraction of sp³-hybridized carbons (Fsp3) is 0. The van der Waals surface area contributed by atoms with Gasteiger partial charge in [-0.05, 0) is 0 Å². The van der Waals surface area contributed by atoms with E-state index in [2.05, 4.69) is 0 Å². The summed E-state index contributed by atoms with van der Waals surface area (Å²) in [5.41, 5.74) is 0. The second-order valence-corrected chi connectivity index (χ2v) is 5.62. The van der Waals surface area contributed by atoms with Crippen LogP contribution in [0, 0.1) is 142 Å². The molecule has 0 spiro atoms. The van der Waals surface area contributed by atoms with Gasteiger partial charge in [0.2, 0.25) is 0 Å². The average molecular weight is 746 g/mol. The predicted octanol–water partition coefficient (Wildman–Crippen LogP) is 4.52. The van der Waals surface area contributed by atoms with Crippen LogP contribution in [0.3, 0.4) is 0 Å². The first kappa shape index (κ1) is 131. The first-order valence-corrected chi connectivity index (χ1v) is 12.6. The summed E-state index contributed by atoms with van der Waals surface area (Å²) in [5, 5.41) is 75.0. The van der Waals surface area contributed by atoms with Gasteiger partial charge in [-0.15, -0.1) is 0 Å². The zero-order valence-corrected chi connectivity index (χ0v) is 26.0. The number of hydrogen-bond donors (Lipinski definition) is 0. The number of hydrogen-bond acceptors (Lipinski definition) is 12. The van der Waals surface area contributed by atoms with Crippen molar-refractivity contribution in [1.82, 2.24) is 0 Å². The van der Waals surface area contributed by atoms with E-state index < -0.39 is 0 Å². The average Bonchev–Trinajstić information content (AvgIpc) is 2.98. The van der Waals surface area contributed by atoms with E-state index in [1.165, 1.54) is 0 Å². The fourth-order valence-corrected chi connectivity index (χ4v) is 0. The van der Waals surface area contributed by atoms with E-state index >= 15 is 0 Å². The van der Waals surface area contributed by atoms with E-state index in [9.17, 15) is 0 Å². The molecule has 12 nitrogen and oxygen atoms in total. The number of halogens is 6. The molecule has 0 amide bonds. The Balaban J connectivity index is -0.00000000661. The van der Waals surface area contributed by atoms with Gasteiger partial charge in [0.15, 0.2) is 0 Å². The normalized spacial score (nSPS) is 2.57. The van der Waals surface area contributed by atoms with Crippen molar-refractivity contribution in [2.75, 3.05) is 0 Å². The Hall–Kier alpha value is -1.76. The van der Waals surface area contributed by atoms with Gasteiger partial charge in [-0.1, -0.05) is 0 Å². The molecule has 0 aromatic heterocycles. The van der Waals surface area contributed by atoms with Gasteiger partial charge in [-0.3, -0.25) is 0 Å². The van der Waals surface area contributed by atoms with Crippen LogP contribution in [0.25, 0.3) is 0 Å². The van der Waals surface area contributed by atoms with E-state index in [1.807, 2.05) is 0 Å². The zero-order chi connectivity index (χ0) is 32.1. The van der Waals surface area contributed by atoms with E-state index in [1.54, 1.807) is 0 Å². The SMILES string of the molecule is [Al+3].[Al+3].[C-]#N.[C-]#N.[C-]#N.[C-]#N.[C-]#N.[C-]#N.[C-]#N.[C-]#N.[C-]#N.[C-]#N.[C-]#N.[C-]#N.[Cl][Fe][Cl].[Cl][Fe][Cl].[Cl][Fe][Cl]. The van der Waals surface area contributed by atoms with Crippen LogP contribution >= 0.6 is 60.6 Å². The van der Waals surface area contributed by atoms with Crippen LogP contribution in [0.2, 0.25) is 0 Å². The van der Waals surface area contributed by atoms with Gasteiger partial charge in [0.25, 0.3) is 0 Å². The van der Waals surface area contributed by atoms with Crippen LogP contribution < -0.4 is 0 Å². The van der Waals surface area contributed by atoms with Gasteiger partial charge >= 0.3 is 135 Å². The topological polar surface area (TPSA) is 285 Å². The summed E-state index contributed by atoms with van der Waals surface area (Å²) >= 11 is 0.583. The summed E-state index contributed by atoms with van der Waals surface area (Å²) in [4.78, 5) is 0. The third-order valence-electron chi connectivity index (χ3n) is 0. The summed E-state index contributed by atoms with van der Waals surface area (Å²) in [5.74, 6) is 0. The number of rotatable bonds is 0. The van der Waals surface area contributed by atoms with Crippen molar-refractivity contribution in [3.8, 4) is 0 Å². The first-order chi connectivity index (χ1) is 16.2. The van der Waals surface area contributed by atoms with Crippen LogP contribution in [0.1, 0.15) is 0 Å². The third-order valence-corrected chi connectivity index (χ3v) is 0. The molecule has 35 heavy (non-hydrogen) atoms. The molecule has 0 saturated heterocycles. The van der Waals surface area contributed by atoms with Crippen LogP contribution in [-0.2, 0) is 39.4 Å². The van der Waals surface area contributed by atoms with Crippen molar-refractivity contribution in [1.29, 1.82) is 63.1 Å². The standard InChI is InChI=1S/12CN.2Al.6ClH.3Fe/c12*1-2;;;;;;;;;;;/h;;;;;;;;;;;;;;6*1H;;;/q12*-1;2*+3;;;;;;;3*+2/p-6. The molecule has 0 aliphatic rings. The molecule has 0 radical (unpaired) electrons. The quantitative estimate of drug-likeness (QED) is 0.244. The molecular formula is C12Al2Cl6Fe3N12-6. The second kappa shape index (κ2) is 20400. The van der Waals surface area contributed by atoms with E-state index in [0.717, 1.165) is 0 Å². The Kier molecular flexibility index (Phi) is 76200. The molecule has 0 atom stereocenters. The molecule has 0 aliphatic carbocycles. The minimum absolute atomic E-state index is 0. The Morgan fingerprint density at radius 2 is 0.229 bits per heavy atom. The van der Waals surface area contributed by atoms with E-state index in [0.29, 0.717) is 0 Å².